The lowest BCUT2D eigenvalue weighted by atomic mass is 10.0. The molecule has 3 N–H and O–H groups in total. The van der Waals surface area contributed by atoms with E-state index in [9.17, 15) is 9.18 Å². The summed E-state index contributed by atoms with van der Waals surface area (Å²) in [6.07, 6.45) is 0.222. The van der Waals surface area contributed by atoms with Crippen LogP contribution < -0.4 is 11.3 Å². The van der Waals surface area contributed by atoms with Crippen LogP contribution in [0, 0.1) is 5.92 Å². The summed E-state index contributed by atoms with van der Waals surface area (Å²) >= 11 is 0. The van der Waals surface area contributed by atoms with Gasteiger partial charge < -0.3 is 15.5 Å². The van der Waals surface area contributed by atoms with Crippen molar-refractivity contribution in [3.8, 4) is 0 Å². The average molecular weight is 267 g/mol. The summed E-state index contributed by atoms with van der Waals surface area (Å²) < 4.78 is 21.3. The summed E-state index contributed by atoms with van der Waals surface area (Å²) in [6.45, 7) is 2.00. The topological polar surface area (TPSA) is 98.8 Å². The minimum atomic E-state index is -1.22. The number of nitrogens with one attached hydrogen (secondary N) is 1. The molecule has 2 aromatic rings. The molecule has 1 saturated heterocycles. The maximum Gasteiger partial charge on any atom is 0.278 e. The Kier molecular flexibility index (Phi) is 2.83. The van der Waals surface area contributed by atoms with Crippen molar-refractivity contribution in [3.05, 3.63) is 23.0 Å². The van der Waals surface area contributed by atoms with E-state index in [4.69, 9.17) is 10.5 Å². The highest BCUT2D eigenvalue weighted by atomic mass is 19.1. The summed E-state index contributed by atoms with van der Waals surface area (Å²) in [5, 5.41) is 0. The van der Waals surface area contributed by atoms with Gasteiger partial charge in [-0.25, -0.2) is 14.4 Å². The molecule has 1 fully saturated rings. The van der Waals surface area contributed by atoms with E-state index in [0.717, 1.165) is 0 Å². The van der Waals surface area contributed by atoms with Gasteiger partial charge in [-0.1, -0.05) is 6.92 Å². The zero-order valence-corrected chi connectivity index (χ0v) is 10.3. The second-order valence-electron chi connectivity index (χ2n) is 4.66. The molecule has 0 aromatic carbocycles. The van der Waals surface area contributed by atoms with Crippen molar-refractivity contribution in [2.75, 3.05) is 6.54 Å². The number of rotatable bonds is 2. The first-order valence-corrected chi connectivity index (χ1v) is 6.03. The first-order valence-electron chi connectivity index (χ1n) is 6.03. The molecular formula is C11H14FN5O2. The Hall–Kier alpha value is -1.80. The maximum absolute atomic E-state index is 14.3. The van der Waals surface area contributed by atoms with Gasteiger partial charge in [-0.3, -0.25) is 9.36 Å². The fourth-order valence-electron chi connectivity index (χ4n) is 2.38. The van der Waals surface area contributed by atoms with Crippen molar-refractivity contribution in [3.63, 3.8) is 0 Å². The van der Waals surface area contributed by atoms with Gasteiger partial charge in [0.1, 0.15) is 0 Å². The summed E-state index contributed by atoms with van der Waals surface area (Å²) in [6, 6.07) is 0. The number of hydrogen-bond acceptors (Lipinski definition) is 5. The van der Waals surface area contributed by atoms with Crippen LogP contribution >= 0.6 is 0 Å². The summed E-state index contributed by atoms with van der Waals surface area (Å²) in [5.74, 6) is -0.311. The van der Waals surface area contributed by atoms with E-state index in [1.165, 1.54) is 17.2 Å². The Bertz CT molecular complexity index is 654. The van der Waals surface area contributed by atoms with Crippen LogP contribution in [0.3, 0.4) is 0 Å². The Labute approximate surface area is 107 Å². The van der Waals surface area contributed by atoms with Gasteiger partial charge in [-0.15, -0.1) is 0 Å². The largest absolute Gasteiger partial charge is 0.350 e. The second kappa shape index (κ2) is 4.39. The smallest absolute Gasteiger partial charge is 0.278 e. The minimum Gasteiger partial charge on any atom is -0.350 e. The third-order valence-corrected chi connectivity index (χ3v) is 3.55. The number of H-pyrrole nitrogens is 1. The van der Waals surface area contributed by atoms with Crippen LogP contribution in [0.5, 0.6) is 0 Å². The van der Waals surface area contributed by atoms with E-state index >= 15 is 0 Å². The average Bonchev–Trinajstić information content (AvgIpc) is 2.94. The molecule has 19 heavy (non-hydrogen) atoms. The molecule has 2 aromatic heterocycles. The van der Waals surface area contributed by atoms with Gasteiger partial charge in [0.25, 0.3) is 5.56 Å². The molecule has 3 heterocycles. The minimum absolute atomic E-state index is 0.169. The molecule has 102 valence electrons. The Morgan fingerprint density at radius 3 is 3.05 bits per heavy atom. The van der Waals surface area contributed by atoms with Crippen LogP contribution in [-0.4, -0.2) is 38.3 Å². The highest BCUT2D eigenvalue weighted by molar-refractivity contribution is 5.68. The molecule has 0 aliphatic carbocycles. The quantitative estimate of drug-likeness (QED) is 0.794. The maximum atomic E-state index is 14.3. The first-order chi connectivity index (χ1) is 9.13. The molecule has 0 spiro atoms. The first kappa shape index (κ1) is 12.2. The van der Waals surface area contributed by atoms with Crippen LogP contribution in [0.15, 0.2) is 17.4 Å². The fourth-order valence-corrected chi connectivity index (χ4v) is 2.38. The molecule has 3 rings (SSSR count). The zero-order chi connectivity index (χ0) is 13.6. The van der Waals surface area contributed by atoms with Crippen LogP contribution in [-0.2, 0) is 4.74 Å². The molecule has 1 aliphatic heterocycles. The van der Waals surface area contributed by atoms with Gasteiger partial charge in [0, 0.05) is 12.5 Å². The van der Waals surface area contributed by atoms with Crippen LogP contribution in [0.2, 0.25) is 0 Å². The molecule has 4 atom stereocenters. The Balaban J connectivity index is 2.06. The molecule has 0 amide bonds. The third kappa shape index (κ3) is 1.75. The van der Waals surface area contributed by atoms with Crippen LogP contribution in [0.4, 0.5) is 4.39 Å². The number of aromatic nitrogens is 4. The van der Waals surface area contributed by atoms with E-state index in [1.807, 2.05) is 0 Å². The SMILES string of the molecule is C[C@H]1[C@@H](F)[C@H](n2cnc3c(=O)[nH]cnc32)O[C@@H]1CN. The molecule has 0 saturated carbocycles. The summed E-state index contributed by atoms with van der Waals surface area (Å²) in [5.41, 5.74) is 5.67. The second-order valence-corrected chi connectivity index (χ2v) is 4.66. The monoisotopic (exact) mass is 267 g/mol. The predicted molar refractivity (Wildman–Crippen MR) is 65.2 cm³/mol. The third-order valence-electron chi connectivity index (χ3n) is 3.55. The van der Waals surface area contributed by atoms with Crippen molar-refractivity contribution in [2.24, 2.45) is 11.7 Å². The lowest BCUT2D eigenvalue weighted by Gasteiger charge is -2.15. The van der Waals surface area contributed by atoms with Crippen molar-refractivity contribution in [2.45, 2.75) is 25.4 Å². The van der Waals surface area contributed by atoms with E-state index in [0.29, 0.717) is 5.65 Å². The predicted octanol–water partition coefficient (Wildman–Crippen LogP) is -0.0501. The zero-order valence-electron chi connectivity index (χ0n) is 10.3. The van der Waals surface area contributed by atoms with Crippen molar-refractivity contribution < 1.29 is 9.13 Å². The number of alkyl halides is 1. The number of fused-ring (bicyclic) bond motifs is 1. The van der Waals surface area contributed by atoms with Crippen LogP contribution in [0.1, 0.15) is 13.2 Å². The van der Waals surface area contributed by atoms with E-state index in [1.54, 1.807) is 6.92 Å². The van der Waals surface area contributed by atoms with Gasteiger partial charge in [0.2, 0.25) is 0 Å². The number of halogens is 1. The molecule has 0 bridgehead atoms. The van der Waals surface area contributed by atoms with Gasteiger partial charge in [-0.2, -0.15) is 0 Å². The molecule has 1 aliphatic rings. The number of ether oxygens (including phenoxy) is 1. The Morgan fingerprint density at radius 1 is 1.58 bits per heavy atom. The van der Waals surface area contributed by atoms with Gasteiger partial charge in [-0.05, 0) is 0 Å². The molecule has 7 nitrogen and oxygen atoms in total. The van der Waals surface area contributed by atoms with E-state index < -0.39 is 12.4 Å². The summed E-state index contributed by atoms with van der Waals surface area (Å²) in [7, 11) is 0. The Morgan fingerprint density at radius 2 is 2.37 bits per heavy atom. The summed E-state index contributed by atoms with van der Waals surface area (Å²) in [4.78, 5) is 21.9. The van der Waals surface area contributed by atoms with Crippen molar-refractivity contribution in [1.82, 2.24) is 19.5 Å². The van der Waals surface area contributed by atoms with Gasteiger partial charge in [0.15, 0.2) is 23.6 Å². The standard InChI is InChI=1S/C11H14FN5O2/c1-5-6(2-13)19-11(7(5)12)17-4-16-8-9(17)14-3-15-10(8)18/h3-7,11H,2,13H2,1H3,(H,14,15,18)/t5-,6-,7-,11-/m1/s1. The molecular weight excluding hydrogens is 253 g/mol. The lowest BCUT2D eigenvalue weighted by molar-refractivity contribution is -0.0138. The molecule has 0 radical (unpaired) electrons. The van der Waals surface area contributed by atoms with E-state index in [-0.39, 0.29) is 29.6 Å². The van der Waals surface area contributed by atoms with Crippen molar-refractivity contribution in [1.29, 1.82) is 0 Å². The number of hydrogen-bond donors (Lipinski definition) is 2. The van der Waals surface area contributed by atoms with Gasteiger partial charge >= 0.3 is 0 Å². The number of nitrogens with zero attached hydrogens (tertiary/aromatic N) is 3. The fraction of sp³-hybridized carbons (Fsp3) is 0.545. The number of nitrogens with two attached hydrogens (primary N) is 1. The highest BCUT2D eigenvalue weighted by Gasteiger charge is 2.43. The lowest BCUT2D eigenvalue weighted by Crippen LogP contribution is -2.26. The normalized spacial score (nSPS) is 31.1. The van der Waals surface area contributed by atoms with Crippen molar-refractivity contribution >= 4 is 11.2 Å². The number of imidazole rings is 1. The van der Waals surface area contributed by atoms with Gasteiger partial charge in [0.05, 0.1) is 18.8 Å². The molecule has 8 heteroatoms. The molecule has 0 unspecified atom stereocenters. The van der Waals surface area contributed by atoms with E-state index in [2.05, 4.69) is 15.0 Å². The number of aromatic amines is 1. The van der Waals surface area contributed by atoms with Crippen LogP contribution in [0.25, 0.3) is 11.2 Å². The highest BCUT2D eigenvalue weighted by Crippen LogP contribution is 2.36.